The van der Waals surface area contributed by atoms with Gasteiger partial charge in [-0.3, -0.25) is 4.79 Å². The van der Waals surface area contributed by atoms with Crippen LogP contribution in [0.15, 0.2) is 47.4 Å². The van der Waals surface area contributed by atoms with Gasteiger partial charge < -0.3 is 14.8 Å². The Morgan fingerprint density at radius 1 is 1.07 bits per heavy atom. The van der Waals surface area contributed by atoms with Gasteiger partial charge in [0.1, 0.15) is 0 Å². The van der Waals surface area contributed by atoms with Crippen molar-refractivity contribution in [2.45, 2.75) is 31.7 Å². The van der Waals surface area contributed by atoms with Crippen LogP contribution >= 0.6 is 0 Å². The van der Waals surface area contributed by atoms with E-state index >= 15 is 0 Å². The van der Waals surface area contributed by atoms with Gasteiger partial charge in [-0.15, -0.1) is 0 Å². The van der Waals surface area contributed by atoms with E-state index in [1.807, 2.05) is 19.9 Å². The number of methoxy groups -OCH3 is 2. The van der Waals surface area contributed by atoms with E-state index in [4.69, 9.17) is 9.47 Å². The average Bonchev–Trinajstić information content (AvgIpc) is 2.71. The number of amides is 1. The third-order valence-electron chi connectivity index (χ3n) is 4.62. The first-order chi connectivity index (χ1) is 13.7. The fourth-order valence-electron chi connectivity index (χ4n) is 2.88. The predicted octanol–water partition coefficient (Wildman–Crippen LogP) is 2.90. The number of rotatable bonds is 9. The highest BCUT2D eigenvalue weighted by Crippen LogP contribution is 2.29. The normalized spacial score (nSPS) is 12.5. The van der Waals surface area contributed by atoms with Crippen molar-refractivity contribution < 1.29 is 22.7 Å². The van der Waals surface area contributed by atoms with Gasteiger partial charge >= 0.3 is 0 Å². The Labute approximate surface area is 172 Å². The molecule has 8 heteroatoms. The van der Waals surface area contributed by atoms with Crippen LogP contribution in [0.25, 0.3) is 0 Å². The van der Waals surface area contributed by atoms with Crippen molar-refractivity contribution in [3.8, 4) is 11.5 Å². The molecule has 0 fully saturated rings. The van der Waals surface area contributed by atoms with E-state index in [1.54, 1.807) is 57.5 Å². The molecule has 0 saturated carbocycles. The van der Waals surface area contributed by atoms with Crippen LogP contribution in [0.5, 0.6) is 11.5 Å². The van der Waals surface area contributed by atoms with E-state index in [2.05, 4.69) is 5.32 Å². The second kappa shape index (κ2) is 9.76. The minimum absolute atomic E-state index is 0.172. The second-order valence-electron chi connectivity index (χ2n) is 6.65. The molecule has 1 atom stereocenters. The van der Waals surface area contributed by atoms with Gasteiger partial charge in [-0.1, -0.05) is 30.7 Å². The standard InChI is InChI=1S/C21H28N2O5S/c1-6-23(29(25,26)18-10-7-15(2)8-11-18)14-21(24)22-16(3)17-9-12-19(27-4)20(13-17)28-5/h7-13,16H,6,14H2,1-5H3,(H,22,24). The molecule has 2 rings (SSSR count). The Kier molecular flexibility index (Phi) is 7.64. The number of carbonyl (C=O) groups excluding carboxylic acids is 1. The lowest BCUT2D eigenvalue weighted by atomic mass is 10.1. The lowest BCUT2D eigenvalue weighted by Crippen LogP contribution is -2.41. The predicted molar refractivity (Wildman–Crippen MR) is 112 cm³/mol. The third kappa shape index (κ3) is 5.48. The Morgan fingerprint density at radius 2 is 1.69 bits per heavy atom. The van der Waals surface area contributed by atoms with Crippen LogP contribution < -0.4 is 14.8 Å². The molecule has 0 spiro atoms. The van der Waals surface area contributed by atoms with Crippen molar-refractivity contribution in [1.82, 2.24) is 9.62 Å². The molecule has 0 bridgehead atoms. The summed E-state index contributed by atoms with van der Waals surface area (Å²) in [6, 6.07) is 11.6. The van der Waals surface area contributed by atoms with Gasteiger partial charge in [-0.05, 0) is 43.7 Å². The van der Waals surface area contributed by atoms with Crippen molar-refractivity contribution in [2.24, 2.45) is 0 Å². The quantitative estimate of drug-likeness (QED) is 0.674. The highest BCUT2D eigenvalue weighted by molar-refractivity contribution is 7.89. The Hall–Kier alpha value is -2.58. The first kappa shape index (κ1) is 22.7. The molecule has 1 amide bonds. The zero-order valence-electron chi connectivity index (χ0n) is 17.4. The van der Waals surface area contributed by atoms with Crippen molar-refractivity contribution in [1.29, 1.82) is 0 Å². The molecule has 158 valence electrons. The van der Waals surface area contributed by atoms with E-state index in [0.29, 0.717) is 11.5 Å². The molecular formula is C21H28N2O5S. The van der Waals surface area contributed by atoms with Crippen molar-refractivity contribution in [2.75, 3.05) is 27.3 Å². The Balaban J connectivity index is 2.10. The van der Waals surface area contributed by atoms with Gasteiger partial charge in [0.05, 0.1) is 31.7 Å². The van der Waals surface area contributed by atoms with Crippen LogP contribution in [0.2, 0.25) is 0 Å². The minimum Gasteiger partial charge on any atom is -0.493 e. The highest BCUT2D eigenvalue weighted by atomic mass is 32.2. The molecule has 2 aromatic carbocycles. The number of nitrogens with one attached hydrogen (secondary N) is 1. The number of hydrogen-bond acceptors (Lipinski definition) is 5. The van der Waals surface area contributed by atoms with Crippen molar-refractivity contribution in [3.63, 3.8) is 0 Å². The van der Waals surface area contributed by atoms with E-state index in [9.17, 15) is 13.2 Å². The topological polar surface area (TPSA) is 84.9 Å². The highest BCUT2D eigenvalue weighted by Gasteiger charge is 2.25. The summed E-state index contributed by atoms with van der Waals surface area (Å²) in [5.74, 6) is 0.768. The molecule has 1 unspecified atom stereocenters. The first-order valence-corrected chi connectivity index (χ1v) is 10.7. The summed E-state index contributed by atoms with van der Waals surface area (Å²) in [6.45, 7) is 5.34. The molecule has 0 aliphatic rings. The molecule has 2 aromatic rings. The van der Waals surface area contributed by atoms with Crippen LogP contribution in [0.4, 0.5) is 0 Å². The summed E-state index contributed by atoms with van der Waals surface area (Å²) in [7, 11) is -0.653. The molecule has 7 nitrogen and oxygen atoms in total. The largest absolute Gasteiger partial charge is 0.493 e. The van der Waals surface area contributed by atoms with E-state index in [1.165, 1.54) is 0 Å². The fourth-order valence-corrected chi connectivity index (χ4v) is 4.28. The number of sulfonamides is 1. The average molecular weight is 421 g/mol. The summed E-state index contributed by atoms with van der Waals surface area (Å²) in [4.78, 5) is 12.7. The van der Waals surface area contributed by atoms with Gasteiger partial charge in [0.15, 0.2) is 11.5 Å². The second-order valence-corrected chi connectivity index (χ2v) is 8.59. The van der Waals surface area contributed by atoms with Crippen LogP contribution in [-0.2, 0) is 14.8 Å². The molecular weight excluding hydrogens is 392 g/mol. The smallest absolute Gasteiger partial charge is 0.243 e. The number of hydrogen-bond donors (Lipinski definition) is 1. The number of carbonyl (C=O) groups is 1. The molecule has 1 N–H and O–H groups in total. The maximum atomic E-state index is 12.8. The Bertz CT molecular complexity index is 942. The molecule has 0 heterocycles. The molecule has 0 saturated heterocycles. The number of benzene rings is 2. The van der Waals surface area contributed by atoms with Gasteiger partial charge in [-0.25, -0.2) is 8.42 Å². The zero-order valence-corrected chi connectivity index (χ0v) is 18.2. The van der Waals surface area contributed by atoms with E-state index in [-0.39, 0.29) is 29.9 Å². The monoisotopic (exact) mass is 420 g/mol. The van der Waals surface area contributed by atoms with E-state index < -0.39 is 10.0 Å². The number of aryl methyl sites for hydroxylation is 1. The molecule has 0 aliphatic heterocycles. The summed E-state index contributed by atoms with van der Waals surface area (Å²) < 4.78 is 37.3. The number of ether oxygens (including phenoxy) is 2. The van der Waals surface area contributed by atoms with E-state index in [0.717, 1.165) is 15.4 Å². The SMILES string of the molecule is CCN(CC(=O)NC(C)c1ccc(OC)c(OC)c1)S(=O)(=O)c1ccc(C)cc1. The molecule has 0 aliphatic carbocycles. The Morgan fingerprint density at radius 3 is 2.24 bits per heavy atom. The van der Waals surface area contributed by atoms with Crippen molar-refractivity contribution >= 4 is 15.9 Å². The fraction of sp³-hybridized carbons (Fsp3) is 0.381. The zero-order chi connectivity index (χ0) is 21.6. The van der Waals surface area contributed by atoms with Gasteiger partial charge in [0.2, 0.25) is 15.9 Å². The first-order valence-electron chi connectivity index (χ1n) is 9.31. The van der Waals surface area contributed by atoms with Crippen LogP contribution in [-0.4, -0.2) is 45.9 Å². The van der Waals surface area contributed by atoms with Crippen LogP contribution in [0.1, 0.15) is 31.0 Å². The molecule has 0 radical (unpaired) electrons. The maximum absolute atomic E-state index is 12.8. The number of likely N-dealkylation sites (N-methyl/N-ethyl adjacent to an activating group) is 1. The summed E-state index contributed by atoms with van der Waals surface area (Å²) >= 11 is 0. The molecule has 0 aromatic heterocycles. The number of nitrogens with zero attached hydrogens (tertiary/aromatic N) is 1. The summed E-state index contributed by atoms with van der Waals surface area (Å²) in [6.07, 6.45) is 0. The lowest BCUT2D eigenvalue weighted by molar-refractivity contribution is -0.121. The van der Waals surface area contributed by atoms with Gasteiger partial charge in [0, 0.05) is 6.54 Å². The minimum atomic E-state index is -3.75. The van der Waals surface area contributed by atoms with Crippen LogP contribution in [0.3, 0.4) is 0 Å². The van der Waals surface area contributed by atoms with Gasteiger partial charge in [-0.2, -0.15) is 4.31 Å². The summed E-state index contributed by atoms with van der Waals surface area (Å²) in [5.41, 5.74) is 1.79. The van der Waals surface area contributed by atoms with Gasteiger partial charge in [0.25, 0.3) is 0 Å². The van der Waals surface area contributed by atoms with Crippen molar-refractivity contribution in [3.05, 3.63) is 53.6 Å². The maximum Gasteiger partial charge on any atom is 0.243 e. The molecule has 29 heavy (non-hydrogen) atoms. The third-order valence-corrected chi connectivity index (χ3v) is 6.55. The lowest BCUT2D eigenvalue weighted by Gasteiger charge is -2.22. The van der Waals surface area contributed by atoms with Crippen LogP contribution in [0, 0.1) is 6.92 Å². The summed E-state index contributed by atoms with van der Waals surface area (Å²) in [5, 5.41) is 2.84.